The zero-order valence-corrected chi connectivity index (χ0v) is 10.4. The molecule has 1 unspecified atom stereocenters. The molecule has 8 nitrogen and oxygen atoms in total. The summed E-state index contributed by atoms with van der Waals surface area (Å²) in [6, 6.07) is -0.984. The fourth-order valence-electron chi connectivity index (χ4n) is 1.49. The van der Waals surface area contributed by atoms with Crippen LogP contribution in [0, 0.1) is 21.7 Å². The van der Waals surface area contributed by atoms with E-state index in [2.05, 4.69) is 0 Å². The Balaban J connectivity index is 3.14. The van der Waals surface area contributed by atoms with Gasteiger partial charge in [-0.3, -0.25) is 14.9 Å². The van der Waals surface area contributed by atoms with Gasteiger partial charge in [-0.25, -0.2) is 13.6 Å². The van der Waals surface area contributed by atoms with Crippen LogP contribution in [0.1, 0.15) is 16.8 Å². The van der Waals surface area contributed by atoms with Gasteiger partial charge in [-0.15, -0.1) is 0 Å². The Morgan fingerprint density at radius 2 is 1.90 bits per heavy atom. The van der Waals surface area contributed by atoms with Gasteiger partial charge in [0, 0.05) is 13.0 Å². The first-order valence-electron chi connectivity index (χ1n) is 5.56. The number of nitro benzene ring substituents is 1. The highest BCUT2D eigenvalue weighted by molar-refractivity contribution is 6.00. The van der Waals surface area contributed by atoms with Crippen LogP contribution in [-0.4, -0.2) is 39.7 Å². The number of carbonyl (C=O) groups excluding carboxylic acids is 1. The number of carboxylic acids is 1. The zero-order chi connectivity index (χ0) is 16.2. The minimum absolute atomic E-state index is 0.228. The van der Waals surface area contributed by atoms with E-state index in [0.29, 0.717) is 6.07 Å². The predicted octanol–water partition coefficient (Wildman–Crippen LogP) is 0.438. The van der Waals surface area contributed by atoms with Crippen molar-refractivity contribution in [2.75, 3.05) is 6.61 Å². The van der Waals surface area contributed by atoms with Crippen LogP contribution in [0.3, 0.4) is 0 Å². The van der Waals surface area contributed by atoms with Gasteiger partial charge >= 0.3 is 5.97 Å². The summed E-state index contributed by atoms with van der Waals surface area (Å²) in [5.74, 6) is -5.74. The van der Waals surface area contributed by atoms with Gasteiger partial charge in [-0.05, 0) is 6.07 Å². The SMILES string of the molecule is O=C(NC(CCO)C(=O)O)c1cc(F)c(F)cc1[N+](=O)[O-]. The third-order valence-corrected chi connectivity index (χ3v) is 2.50. The number of carboxylic acid groups (broad SMARTS) is 1. The summed E-state index contributed by atoms with van der Waals surface area (Å²) in [6.07, 6.45) is -0.349. The first kappa shape index (κ1) is 16.4. The molecule has 1 aromatic rings. The lowest BCUT2D eigenvalue weighted by molar-refractivity contribution is -0.385. The van der Waals surface area contributed by atoms with Crippen LogP contribution in [-0.2, 0) is 4.79 Å². The highest BCUT2D eigenvalue weighted by Gasteiger charge is 2.27. The minimum atomic E-state index is -1.52. The summed E-state index contributed by atoms with van der Waals surface area (Å²) in [6.45, 7) is -0.558. The number of rotatable bonds is 6. The molecule has 10 heteroatoms. The van der Waals surface area contributed by atoms with Crippen LogP contribution in [0.4, 0.5) is 14.5 Å². The van der Waals surface area contributed by atoms with E-state index in [-0.39, 0.29) is 12.5 Å². The van der Waals surface area contributed by atoms with Crippen molar-refractivity contribution in [3.63, 3.8) is 0 Å². The largest absolute Gasteiger partial charge is 0.480 e. The second-order valence-corrected chi connectivity index (χ2v) is 3.92. The van der Waals surface area contributed by atoms with Crippen molar-refractivity contribution >= 4 is 17.6 Å². The number of aliphatic hydroxyl groups excluding tert-OH is 1. The maximum atomic E-state index is 13.1. The summed E-state index contributed by atoms with van der Waals surface area (Å²) in [4.78, 5) is 32.2. The smallest absolute Gasteiger partial charge is 0.326 e. The number of carbonyl (C=O) groups is 2. The quantitative estimate of drug-likeness (QED) is 0.516. The zero-order valence-electron chi connectivity index (χ0n) is 10.4. The maximum absolute atomic E-state index is 13.1. The lowest BCUT2D eigenvalue weighted by Crippen LogP contribution is -2.41. The summed E-state index contributed by atoms with van der Waals surface area (Å²) < 4.78 is 26.0. The lowest BCUT2D eigenvalue weighted by Gasteiger charge is -2.13. The third kappa shape index (κ3) is 3.92. The molecule has 0 saturated heterocycles. The summed E-state index contributed by atoms with van der Waals surface area (Å²) in [7, 11) is 0. The van der Waals surface area contributed by atoms with E-state index < -0.39 is 52.3 Å². The molecule has 0 fully saturated rings. The molecule has 1 rings (SSSR count). The Hall–Kier alpha value is -2.62. The molecule has 0 aliphatic carbocycles. The van der Waals surface area contributed by atoms with Crippen molar-refractivity contribution < 1.29 is 33.5 Å². The molecule has 0 heterocycles. The monoisotopic (exact) mass is 304 g/mol. The van der Waals surface area contributed by atoms with Crippen LogP contribution in [0.25, 0.3) is 0 Å². The van der Waals surface area contributed by atoms with Crippen LogP contribution in [0.15, 0.2) is 12.1 Å². The van der Waals surface area contributed by atoms with Crippen LogP contribution >= 0.6 is 0 Å². The van der Waals surface area contributed by atoms with Crippen molar-refractivity contribution in [2.45, 2.75) is 12.5 Å². The van der Waals surface area contributed by atoms with Crippen molar-refractivity contribution in [1.82, 2.24) is 5.32 Å². The van der Waals surface area contributed by atoms with E-state index in [0.717, 1.165) is 0 Å². The van der Waals surface area contributed by atoms with Crippen LogP contribution in [0.5, 0.6) is 0 Å². The summed E-state index contributed by atoms with van der Waals surface area (Å²) >= 11 is 0. The van der Waals surface area contributed by atoms with Gasteiger partial charge in [0.15, 0.2) is 11.6 Å². The van der Waals surface area contributed by atoms with E-state index in [4.69, 9.17) is 10.2 Å². The fourth-order valence-corrected chi connectivity index (χ4v) is 1.49. The second kappa shape index (κ2) is 6.70. The number of benzene rings is 1. The number of nitro groups is 1. The Kier molecular flexibility index (Phi) is 5.24. The van der Waals surface area contributed by atoms with Crippen molar-refractivity contribution in [2.24, 2.45) is 0 Å². The van der Waals surface area contributed by atoms with Crippen LogP contribution in [0.2, 0.25) is 0 Å². The van der Waals surface area contributed by atoms with Crippen molar-refractivity contribution in [3.8, 4) is 0 Å². The number of amides is 1. The Bertz CT molecular complexity index is 592. The highest BCUT2D eigenvalue weighted by Crippen LogP contribution is 2.22. The summed E-state index contributed by atoms with van der Waals surface area (Å²) in [5.41, 5.74) is -1.82. The van der Waals surface area contributed by atoms with Gasteiger partial charge in [0.1, 0.15) is 11.6 Å². The molecular weight excluding hydrogens is 294 g/mol. The van der Waals surface area contributed by atoms with Gasteiger partial charge in [0.25, 0.3) is 11.6 Å². The van der Waals surface area contributed by atoms with Gasteiger partial charge < -0.3 is 15.5 Å². The average molecular weight is 304 g/mol. The molecule has 0 bridgehead atoms. The highest BCUT2D eigenvalue weighted by atomic mass is 19.2. The second-order valence-electron chi connectivity index (χ2n) is 3.92. The van der Waals surface area contributed by atoms with E-state index in [1.807, 2.05) is 5.32 Å². The number of hydrogen-bond donors (Lipinski definition) is 3. The molecule has 1 amide bonds. The molecule has 3 N–H and O–H groups in total. The minimum Gasteiger partial charge on any atom is -0.480 e. The predicted molar refractivity (Wildman–Crippen MR) is 63.6 cm³/mol. The summed E-state index contributed by atoms with van der Waals surface area (Å²) in [5, 5.41) is 30.0. The molecule has 0 saturated carbocycles. The van der Waals surface area contributed by atoms with Crippen molar-refractivity contribution in [3.05, 3.63) is 39.4 Å². The van der Waals surface area contributed by atoms with Gasteiger partial charge in [-0.2, -0.15) is 0 Å². The van der Waals surface area contributed by atoms with E-state index in [1.54, 1.807) is 0 Å². The molecule has 114 valence electrons. The Labute approximate surface area is 116 Å². The third-order valence-electron chi connectivity index (χ3n) is 2.50. The fraction of sp³-hybridized carbons (Fsp3) is 0.273. The molecule has 0 aromatic heterocycles. The standard InChI is InChI=1S/C11H10F2N2O6/c12-6-3-5(9(15(20)21)4-7(6)13)10(17)14-8(1-2-16)11(18)19/h3-4,8,16H,1-2H2,(H,14,17)(H,18,19). The molecule has 0 aliphatic heterocycles. The average Bonchev–Trinajstić information content (AvgIpc) is 2.40. The topological polar surface area (TPSA) is 130 Å². The molecule has 21 heavy (non-hydrogen) atoms. The van der Waals surface area contributed by atoms with E-state index >= 15 is 0 Å². The molecule has 1 atom stereocenters. The Morgan fingerprint density at radius 1 is 1.33 bits per heavy atom. The molecule has 0 aliphatic rings. The number of nitrogens with one attached hydrogen (secondary N) is 1. The lowest BCUT2D eigenvalue weighted by atomic mass is 10.1. The van der Waals surface area contributed by atoms with Gasteiger partial charge in [0.2, 0.25) is 0 Å². The maximum Gasteiger partial charge on any atom is 0.326 e. The van der Waals surface area contributed by atoms with E-state index in [1.165, 1.54) is 0 Å². The first-order valence-corrected chi connectivity index (χ1v) is 5.56. The molecular formula is C11H10F2N2O6. The number of halogens is 2. The van der Waals surface area contributed by atoms with Gasteiger partial charge in [0.05, 0.1) is 11.0 Å². The van der Waals surface area contributed by atoms with Crippen LogP contribution < -0.4 is 5.32 Å². The first-order chi connectivity index (χ1) is 9.77. The van der Waals surface area contributed by atoms with Gasteiger partial charge in [-0.1, -0.05) is 0 Å². The normalized spacial score (nSPS) is 11.8. The van der Waals surface area contributed by atoms with Crippen molar-refractivity contribution in [1.29, 1.82) is 0 Å². The number of aliphatic hydroxyl groups is 1. The number of nitrogens with zero attached hydrogens (tertiary/aromatic N) is 1. The molecule has 0 spiro atoms. The molecule has 1 aromatic carbocycles. The molecule has 0 radical (unpaired) electrons. The Morgan fingerprint density at radius 3 is 2.38 bits per heavy atom. The number of hydrogen-bond acceptors (Lipinski definition) is 5. The number of aliphatic carboxylic acids is 1. The van der Waals surface area contributed by atoms with E-state index in [9.17, 15) is 28.5 Å².